The summed E-state index contributed by atoms with van der Waals surface area (Å²) in [6.45, 7) is 1.32. The van der Waals surface area contributed by atoms with Gasteiger partial charge in [-0.2, -0.15) is 5.10 Å². The van der Waals surface area contributed by atoms with E-state index in [9.17, 15) is 4.79 Å². The summed E-state index contributed by atoms with van der Waals surface area (Å²) in [5.74, 6) is -0.0487. The van der Waals surface area contributed by atoms with Crippen molar-refractivity contribution in [1.29, 1.82) is 0 Å². The number of hydrogen-bond acceptors (Lipinski definition) is 6. The van der Waals surface area contributed by atoms with Crippen LogP contribution in [0.3, 0.4) is 0 Å². The molecule has 4 rings (SSSR count). The van der Waals surface area contributed by atoms with E-state index in [-0.39, 0.29) is 5.91 Å². The molecule has 3 aromatic heterocycles. The van der Waals surface area contributed by atoms with Crippen LogP contribution in [0.1, 0.15) is 21.7 Å². The number of pyridine rings is 1. The molecule has 1 amide bonds. The van der Waals surface area contributed by atoms with Crippen LogP contribution in [0.4, 0.5) is 0 Å². The molecule has 0 aliphatic carbocycles. The molecule has 0 fully saturated rings. The Morgan fingerprint density at radius 3 is 2.92 bits per heavy atom. The Bertz CT molecular complexity index is 858. The summed E-state index contributed by atoms with van der Waals surface area (Å²) < 4.78 is 5.71. The molecule has 0 aromatic carbocycles. The highest BCUT2D eigenvalue weighted by Gasteiger charge is 2.26. The van der Waals surface area contributed by atoms with Gasteiger partial charge >= 0.3 is 0 Å². The smallest absolute Gasteiger partial charge is 0.275 e. The van der Waals surface area contributed by atoms with Crippen LogP contribution in [0.2, 0.25) is 0 Å². The van der Waals surface area contributed by atoms with Crippen LogP contribution in [0.5, 0.6) is 0 Å². The fourth-order valence-electron chi connectivity index (χ4n) is 3.14. The second-order valence-corrected chi connectivity index (χ2v) is 6.33. The predicted octanol–water partition coefficient (Wildman–Crippen LogP) is 1.57. The maximum atomic E-state index is 12.5. The van der Waals surface area contributed by atoms with Crippen LogP contribution in [0, 0.1) is 0 Å². The van der Waals surface area contributed by atoms with Gasteiger partial charge in [0.05, 0.1) is 5.69 Å². The SMILES string of the molecule is Cn1nc(-c2cccnc2)c2c1CCN(C(=O)c1csnn1)CC2. The molecule has 0 radical (unpaired) electrons. The Labute approximate surface area is 143 Å². The predicted molar refractivity (Wildman–Crippen MR) is 89.7 cm³/mol. The molecule has 0 spiro atoms. The highest BCUT2D eigenvalue weighted by atomic mass is 32.1. The molecule has 0 saturated carbocycles. The van der Waals surface area contributed by atoms with Crippen LogP contribution in [0.15, 0.2) is 29.9 Å². The Morgan fingerprint density at radius 1 is 1.29 bits per heavy atom. The third kappa shape index (κ3) is 2.58. The first-order valence-corrected chi connectivity index (χ1v) is 8.59. The lowest BCUT2D eigenvalue weighted by Crippen LogP contribution is -2.33. The van der Waals surface area contributed by atoms with Crippen LogP contribution < -0.4 is 0 Å². The van der Waals surface area contributed by atoms with Gasteiger partial charge in [0, 0.05) is 61.2 Å². The summed E-state index contributed by atoms with van der Waals surface area (Å²) in [6.07, 6.45) is 5.14. The first-order valence-electron chi connectivity index (χ1n) is 7.75. The fraction of sp³-hybridized carbons (Fsp3) is 0.312. The van der Waals surface area contributed by atoms with Gasteiger partial charge in [0.15, 0.2) is 5.69 Å². The van der Waals surface area contributed by atoms with E-state index in [1.165, 1.54) is 22.8 Å². The standard InChI is InChI=1S/C16H16N6OS/c1-21-14-5-8-22(16(23)13-10-24-20-18-13)7-4-12(14)15(19-21)11-3-2-6-17-9-11/h2-3,6,9-10H,4-5,7-8H2,1H3. The van der Waals surface area contributed by atoms with Gasteiger partial charge in [-0.25, -0.2) is 0 Å². The normalized spacial score (nSPS) is 14.3. The van der Waals surface area contributed by atoms with Gasteiger partial charge in [-0.3, -0.25) is 14.5 Å². The molecule has 1 aliphatic rings. The number of rotatable bonds is 2. The van der Waals surface area contributed by atoms with Crippen molar-refractivity contribution in [1.82, 2.24) is 29.3 Å². The molecule has 0 atom stereocenters. The Kier molecular flexibility index (Phi) is 3.81. The number of carbonyl (C=O) groups excluding carboxylic acids is 1. The van der Waals surface area contributed by atoms with Gasteiger partial charge in [0.2, 0.25) is 0 Å². The molecule has 0 bridgehead atoms. The average Bonchev–Trinajstić information content (AvgIpc) is 3.18. The molecule has 1 aliphatic heterocycles. The lowest BCUT2D eigenvalue weighted by Gasteiger charge is -2.18. The minimum Gasteiger partial charge on any atom is -0.337 e. The largest absolute Gasteiger partial charge is 0.337 e. The quantitative estimate of drug-likeness (QED) is 0.708. The van der Waals surface area contributed by atoms with Crippen molar-refractivity contribution in [3.05, 3.63) is 46.9 Å². The second-order valence-electron chi connectivity index (χ2n) is 5.72. The van der Waals surface area contributed by atoms with E-state index in [2.05, 4.69) is 19.7 Å². The summed E-state index contributed by atoms with van der Waals surface area (Å²) in [6, 6.07) is 3.93. The molecule has 7 nitrogen and oxygen atoms in total. The van der Waals surface area contributed by atoms with Gasteiger partial charge in [0.1, 0.15) is 0 Å². The number of aromatic nitrogens is 5. The number of nitrogens with zero attached hydrogens (tertiary/aromatic N) is 6. The lowest BCUT2D eigenvalue weighted by atomic mass is 10.0. The zero-order chi connectivity index (χ0) is 16.5. The monoisotopic (exact) mass is 340 g/mol. The third-order valence-corrected chi connectivity index (χ3v) is 4.83. The molecule has 0 unspecified atom stereocenters. The van der Waals surface area contributed by atoms with Crippen LogP contribution in [-0.4, -0.2) is 48.2 Å². The van der Waals surface area contributed by atoms with Crippen molar-refractivity contribution in [2.45, 2.75) is 12.8 Å². The Morgan fingerprint density at radius 2 is 2.17 bits per heavy atom. The van der Waals surface area contributed by atoms with Crippen LogP contribution >= 0.6 is 11.5 Å². The lowest BCUT2D eigenvalue weighted by molar-refractivity contribution is 0.0756. The first-order chi connectivity index (χ1) is 11.7. The van der Waals surface area contributed by atoms with Crippen molar-refractivity contribution >= 4 is 17.4 Å². The van der Waals surface area contributed by atoms with Crippen molar-refractivity contribution in [3.8, 4) is 11.3 Å². The molecule has 8 heteroatoms. The van der Waals surface area contributed by atoms with Gasteiger partial charge < -0.3 is 4.90 Å². The first kappa shape index (κ1) is 14.9. The van der Waals surface area contributed by atoms with Crippen molar-refractivity contribution in [3.63, 3.8) is 0 Å². The summed E-state index contributed by atoms with van der Waals surface area (Å²) in [5.41, 5.74) is 4.79. The minimum absolute atomic E-state index is 0.0487. The van der Waals surface area contributed by atoms with Gasteiger partial charge in [-0.05, 0) is 30.1 Å². The molecule has 122 valence electrons. The number of amides is 1. The third-order valence-electron chi connectivity index (χ3n) is 4.33. The second kappa shape index (κ2) is 6.12. The molecule has 3 aromatic rings. The summed E-state index contributed by atoms with van der Waals surface area (Å²) in [4.78, 5) is 18.6. The summed E-state index contributed by atoms with van der Waals surface area (Å²) in [7, 11) is 1.96. The topological polar surface area (TPSA) is 76.8 Å². The molecule has 0 saturated heterocycles. The maximum absolute atomic E-state index is 12.5. The van der Waals surface area contributed by atoms with Crippen molar-refractivity contribution in [2.24, 2.45) is 7.05 Å². The number of hydrogen-bond donors (Lipinski definition) is 0. The number of aryl methyl sites for hydroxylation is 1. The molecule has 4 heterocycles. The minimum atomic E-state index is -0.0487. The van der Waals surface area contributed by atoms with E-state index < -0.39 is 0 Å². The molecular weight excluding hydrogens is 324 g/mol. The fourth-order valence-corrected chi connectivity index (χ4v) is 3.57. The van der Waals surface area contributed by atoms with Crippen LogP contribution in [-0.2, 0) is 19.9 Å². The van der Waals surface area contributed by atoms with Crippen molar-refractivity contribution in [2.75, 3.05) is 13.1 Å². The van der Waals surface area contributed by atoms with E-state index in [1.54, 1.807) is 11.6 Å². The van der Waals surface area contributed by atoms with Gasteiger partial charge in [0.25, 0.3) is 5.91 Å². The zero-order valence-corrected chi connectivity index (χ0v) is 14.0. The maximum Gasteiger partial charge on any atom is 0.275 e. The highest BCUT2D eigenvalue weighted by molar-refractivity contribution is 7.03. The molecule has 0 N–H and O–H groups in total. The molecular formula is C16H16N6OS. The summed E-state index contributed by atoms with van der Waals surface area (Å²) >= 11 is 1.20. The van der Waals surface area contributed by atoms with E-state index in [0.29, 0.717) is 18.8 Å². The van der Waals surface area contributed by atoms with Crippen LogP contribution in [0.25, 0.3) is 11.3 Å². The van der Waals surface area contributed by atoms with E-state index >= 15 is 0 Å². The van der Waals surface area contributed by atoms with E-state index in [0.717, 1.165) is 24.1 Å². The number of fused-ring (bicyclic) bond motifs is 1. The molecule has 24 heavy (non-hydrogen) atoms. The van der Waals surface area contributed by atoms with Crippen molar-refractivity contribution < 1.29 is 4.79 Å². The van der Waals surface area contributed by atoms with E-state index in [4.69, 9.17) is 0 Å². The van der Waals surface area contributed by atoms with Gasteiger partial charge in [-0.15, -0.1) is 5.10 Å². The zero-order valence-electron chi connectivity index (χ0n) is 13.2. The average molecular weight is 340 g/mol. The van der Waals surface area contributed by atoms with E-state index in [1.807, 2.05) is 35.0 Å². The summed E-state index contributed by atoms with van der Waals surface area (Å²) in [5, 5.41) is 10.3. The Balaban J connectivity index is 1.63. The highest BCUT2D eigenvalue weighted by Crippen LogP contribution is 2.27. The Hall–Kier alpha value is -2.61. The van der Waals surface area contributed by atoms with Gasteiger partial charge in [-0.1, -0.05) is 4.49 Å². The number of carbonyl (C=O) groups is 1.